The number of aromatic nitrogens is 4. The van der Waals surface area contributed by atoms with E-state index >= 15 is 0 Å². The van der Waals surface area contributed by atoms with Crippen molar-refractivity contribution in [3.05, 3.63) is 23.4 Å². The molecule has 0 aliphatic heterocycles. The Kier molecular flexibility index (Phi) is 2.86. The maximum atomic E-state index is 11.2. The van der Waals surface area contributed by atoms with Crippen molar-refractivity contribution in [2.45, 2.75) is 5.16 Å². The van der Waals surface area contributed by atoms with Gasteiger partial charge in [0.05, 0.1) is 5.02 Å². The lowest BCUT2D eigenvalue weighted by Crippen LogP contribution is -2.17. The smallest absolute Gasteiger partial charge is 0.273 e. The van der Waals surface area contributed by atoms with Crippen LogP contribution in [-0.4, -0.2) is 28.2 Å². The topological polar surface area (TPSA) is 104 Å². The lowest BCUT2D eigenvalue weighted by Gasteiger charge is -2.01. The molecule has 9 heteroatoms. The molecule has 0 unspecified atom stereocenters. The highest BCUT2D eigenvalue weighted by atomic mass is 35.5. The van der Waals surface area contributed by atoms with Gasteiger partial charge in [-0.1, -0.05) is 11.6 Å². The zero-order chi connectivity index (χ0) is 12.6. The first kappa shape index (κ1) is 12.0. The quantitative estimate of drug-likeness (QED) is 0.840. The third-order valence-corrected chi connectivity index (χ3v) is 3.13. The molecule has 0 aliphatic rings. The Morgan fingerprint density at radius 1 is 1.35 bits per heavy atom. The number of halogens is 1. The summed E-state index contributed by atoms with van der Waals surface area (Å²) in [6, 6.07) is 3.23. The summed E-state index contributed by atoms with van der Waals surface area (Å²) >= 11 is 5.70. The minimum atomic E-state index is -3.89. The molecule has 2 heterocycles. The standard InChI is InChI=1S/C8H8ClN5O2S/c1-14-7(6-3-2-5(9)4-11-6)12-13-8(14)17(10,15)16/h2-4H,1H3,(H2,10,15,16). The summed E-state index contributed by atoms with van der Waals surface area (Å²) in [7, 11) is -2.40. The van der Waals surface area contributed by atoms with E-state index in [1.807, 2.05) is 0 Å². The molecule has 2 N–H and O–H groups in total. The Balaban J connectivity index is 2.55. The first-order chi connectivity index (χ1) is 7.89. The molecule has 0 aromatic carbocycles. The minimum Gasteiger partial charge on any atom is -0.299 e. The van der Waals surface area contributed by atoms with Crippen LogP contribution >= 0.6 is 11.6 Å². The highest BCUT2D eigenvalue weighted by Crippen LogP contribution is 2.17. The Morgan fingerprint density at radius 3 is 2.53 bits per heavy atom. The number of rotatable bonds is 2. The predicted octanol–water partition coefficient (Wildman–Crippen LogP) is 0.178. The monoisotopic (exact) mass is 273 g/mol. The highest BCUT2D eigenvalue weighted by molar-refractivity contribution is 7.89. The maximum absolute atomic E-state index is 11.2. The first-order valence-corrected chi connectivity index (χ1v) is 6.36. The van der Waals surface area contributed by atoms with E-state index in [0.717, 1.165) is 0 Å². The van der Waals surface area contributed by atoms with E-state index in [1.54, 1.807) is 12.1 Å². The van der Waals surface area contributed by atoms with E-state index in [4.69, 9.17) is 16.7 Å². The summed E-state index contributed by atoms with van der Waals surface area (Å²) in [5.74, 6) is 0.297. The number of hydrogen-bond acceptors (Lipinski definition) is 5. The molecular formula is C8H8ClN5O2S. The molecule has 0 fully saturated rings. The third-order valence-electron chi connectivity index (χ3n) is 2.05. The zero-order valence-electron chi connectivity index (χ0n) is 8.70. The number of sulfonamides is 1. The molecule has 90 valence electrons. The summed E-state index contributed by atoms with van der Waals surface area (Å²) in [5, 5.41) is 12.4. The Bertz CT molecular complexity index is 649. The van der Waals surface area contributed by atoms with E-state index in [-0.39, 0.29) is 5.16 Å². The van der Waals surface area contributed by atoms with Crippen LogP contribution in [0.3, 0.4) is 0 Å². The fourth-order valence-electron chi connectivity index (χ4n) is 1.29. The number of hydrogen-bond donors (Lipinski definition) is 1. The van der Waals surface area contributed by atoms with Crippen molar-refractivity contribution in [3.63, 3.8) is 0 Å². The maximum Gasteiger partial charge on any atom is 0.273 e. The van der Waals surface area contributed by atoms with Gasteiger partial charge in [0.25, 0.3) is 15.2 Å². The summed E-state index contributed by atoms with van der Waals surface area (Å²) in [5.41, 5.74) is 0.458. The van der Waals surface area contributed by atoms with Crippen LogP contribution in [0.25, 0.3) is 11.5 Å². The average molecular weight is 274 g/mol. The molecule has 0 aliphatic carbocycles. The minimum absolute atomic E-state index is 0.297. The van der Waals surface area contributed by atoms with Crippen molar-refractivity contribution < 1.29 is 8.42 Å². The van der Waals surface area contributed by atoms with E-state index in [2.05, 4.69) is 15.2 Å². The van der Waals surface area contributed by atoms with Crippen molar-refractivity contribution >= 4 is 21.6 Å². The molecule has 0 bridgehead atoms. The molecule has 7 nitrogen and oxygen atoms in total. The van der Waals surface area contributed by atoms with Crippen molar-refractivity contribution in [1.29, 1.82) is 0 Å². The molecule has 17 heavy (non-hydrogen) atoms. The molecule has 0 saturated heterocycles. The molecule has 0 saturated carbocycles. The molecule has 2 aromatic rings. The summed E-state index contributed by atoms with van der Waals surface area (Å²) < 4.78 is 23.6. The number of primary sulfonamides is 1. The van der Waals surface area contributed by atoms with Gasteiger partial charge in [0.15, 0.2) is 5.82 Å². The Hall–Kier alpha value is -1.51. The molecule has 2 aromatic heterocycles. The van der Waals surface area contributed by atoms with Crippen LogP contribution in [0.1, 0.15) is 0 Å². The van der Waals surface area contributed by atoms with Crippen LogP contribution < -0.4 is 5.14 Å². The van der Waals surface area contributed by atoms with E-state index in [0.29, 0.717) is 16.5 Å². The van der Waals surface area contributed by atoms with Crippen molar-refractivity contribution in [1.82, 2.24) is 19.7 Å². The molecule has 0 spiro atoms. The van der Waals surface area contributed by atoms with Crippen LogP contribution in [0.5, 0.6) is 0 Å². The van der Waals surface area contributed by atoms with Gasteiger partial charge in [-0.2, -0.15) is 0 Å². The van der Waals surface area contributed by atoms with Crippen LogP contribution in [0.4, 0.5) is 0 Å². The van der Waals surface area contributed by atoms with Gasteiger partial charge in [-0.25, -0.2) is 13.6 Å². The van der Waals surface area contributed by atoms with Gasteiger partial charge in [-0.15, -0.1) is 10.2 Å². The van der Waals surface area contributed by atoms with E-state index in [9.17, 15) is 8.42 Å². The lowest BCUT2D eigenvalue weighted by atomic mass is 10.3. The number of nitrogens with zero attached hydrogens (tertiary/aromatic N) is 4. The average Bonchev–Trinajstić information content (AvgIpc) is 2.61. The molecular weight excluding hydrogens is 266 g/mol. The second-order valence-corrected chi connectivity index (χ2v) is 5.16. The summed E-state index contributed by atoms with van der Waals surface area (Å²) in [4.78, 5) is 4.01. The largest absolute Gasteiger partial charge is 0.299 e. The number of nitrogens with two attached hydrogens (primary N) is 1. The highest BCUT2D eigenvalue weighted by Gasteiger charge is 2.19. The van der Waals surface area contributed by atoms with Crippen LogP contribution in [0.2, 0.25) is 5.02 Å². The molecule has 0 atom stereocenters. The van der Waals surface area contributed by atoms with E-state index < -0.39 is 10.0 Å². The second-order valence-electron chi connectivity index (χ2n) is 3.27. The van der Waals surface area contributed by atoms with Gasteiger partial charge in [-0.05, 0) is 12.1 Å². The molecule has 0 amide bonds. The third kappa shape index (κ3) is 2.28. The van der Waals surface area contributed by atoms with Gasteiger partial charge in [0, 0.05) is 13.2 Å². The SMILES string of the molecule is Cn1c(-c2ccc(Cl)cn2)nnc1S(N)(=O)=O. The zero-order valence-corrected chi connectivity index (χ0v) is 10.3. The van der Waals surface area contributed by atoms with E-state index in [1.165, 1.54) is 17.8 Å². The van der Waals surface area contributed by atoms with Crippen LogP contribution in [0.15, 0.2) is 23.5 Å². The summed E-state index contributed by atoms with van der Waals surface area (Å²) in [6.45, 7) is 0. The fourth-order valence-corrected chi connectivity index (χ4v) is 2.03. The Labute approximate surface area is 102 Å². The van der Waals surface area contributed by atoms with Crippen molar-refractivity contribution in [3.8, 4) is 11.5 Å². The van der Waals surface area contributed by atoms with Gasteiger partial charge in [0.1, 0.15) is 5.69 Å². The van der Waals surface area contributed by atoms with Gasteiger partial charge in [-0.3, -0.25) is 9.55 Å². The van der Waals surface area contributed by atoms with Gasteiger partial charge in [0.2, 0.25) is 0 Å². The van der Waals surface area contributed by atoms with Crippen molar-refractivity contribution in [2.75, 3.05) is 0 Å². The number of pyridine rings is 1. The molecule has 2 rings (SSSR count). The predicted molar refractivity (Wildman–Crippen MR) is 60.6 cm³/mol. The second kappa shape index (κ2) is 4.06. The van der Waals surface area contributed by atoms with Crippen LogP contribution in [-0.2, 0) is 17.1 Å². The van der Waals surface area contributed by atoms with Gasteiger partial charge < -0.3 is 0 Å². The summed E-state index contributed by atoms with van der Waals surface area (Å²) in [6.07, 6.45) is 1.43. The van der Waals surface area contributed by atoms with Gasteiger partial charge >= 0.3 is 0 Å². The fraction of sp³-hybridized carbons (Fsp3) is 0.125. The Morgan fingerprint density at radius 2 is 2.06 bits per heavy atom. The normalized spacial score (nSPS) is 11.7. The lowest BCUT2D eigenvalue weighted by molar-refractivity contribution is 0.580. The first-order valence-electron chi connectivity index (χ1n) is 4.43. The molecule has 0 radical (unpaired) electrons. The van der Waals surface area contributed by atoms with Crippen LogP contribution in [0, 0.1) is 0 Å². The van der Waals surface area contributed by atoms with Crippen molar-refractivity contribution in [2.24, 2.45) is 12.2 Å².